The first-order chi connectivity index (χ1) is 14.8. The molecule has 0 bridgehead atoms. The molecule has 2 fully saturated rings. The highest BCUT2D eigenvalue weighted by molar-refractivity contribution is 7.89. The largest absolute Gasteiger partial charge is 0.504 e. The summed E-state index contributed by atoms with van der Waals surface area (Å²) in [6.45, 7) is 1.54. The number of sulfonamides is 1. The van der Waals surface area contributed by atoms with Crippen molar-refractivity contribution < 1.29 is 18.3 Å². The molecule has 3 heterocycles. The van der Waals surface area contributed by atoms with Crippen LogP contribution in [0, 0.1) is 5.92 Å². The fourth-order valence-electron chi connectivity index (χ4n) is 4.01. The third-order valence-electron chi connectivity index (χ3n) is 5.56. The Morgan fingerprint density at radius 3 is 2.74 bits per heavy atom. The van der Waals surface area contributed by atoms with E-state index in [4.69, 9.17) is 23.2 Å². The van der Waals surface area contributed by atoms with Crippen LogP contribution < -0.4 is 16.0 Å². The van der Waals surface area contributed by atoms with Crippen LogP contribution in [-0.4, -0.2) is 54.5 Å². The van der Waals surface area contributed by atoms with Crippen molar-refractivity contribution in [1.82, 2.24) is 14.6 Å². The van der Waals surface area contributed by atoms with Crippen molar-refractivity contribution >= 4 is 50.6 Å². The van der Waals surface area contributed by atoms with Gasteiger partial charge in [-0.2, -0.15) is 4.31 Å². The summed E-state index contributed by atoms with van der Waals surface area (Å²) >= 11 is 12.1. The van der Waals surface area contributed by atoms with Crippen LogP contribution in [0.15, 0.2) is 35.4 Å². The van der Waals surface area contributed by atoms with Crippen molar-refractivity contribution in [3.05, 3.63) is 40.6 Å². The number of carbonyl (C=O) groups excluding carboxylic acids is 1. The van der Waals surface area contributed by atoms with E-state index in [2.05, 4.69) is 20.9 Å². The lowest BCUT2D eigenvalue weighted by atomic mass is 9.95. The summed E-state index contributed by atoms with van der Waals surface area (Å²) in [5, 5.41) is 19.0. The number of carbonyl (C=O) groups is 1. The van der Waals surface area contributed by atoms with Gasteiger partial charge in [0.25, 0.3) is 0 Å². The molecule has 0 saturated carbocycles. The van der Waals surface area contributed by atoms with Crippen LogP contribution in [0.25, 0.3) is 0 Å². The lowest BCUT2D eigenvalue weighted by Crippen LogP contribution is -2.46. The zero-order valence-corrected chi connectivity index (χ0v) is 18.6. The van der Waals surface area contributed by atoms with Gasteiger partial charge in [-0.3, -0.25) is 0 Å². The average molecular weight is 486 g/mol. The van der Waals surface area contributed by atoms with Crippen molar-refractivity contribution in [2.45, 2.75) is 23.8 Å². The number of hydrogen-bond acceptors (Lipinski definition) is 6. The maximum Gasteiger partial charge on any atom is 0.323 e. The molecular formula is C19H21Cl2N5O4S. The van der Waals surface area contributed by atoms with Crippen molar-refractivity contribution in [3.8, 4) is 5.75 Å². The molecule has 1 aromatic carbocycles. The standard InChI is InChI=1S/C19H21Cl2N5O4S/c20-12-3-4-14(24-19(28)25-15-2-1-7-23-18(15)21)16(27)17(12)31(29,30)26-9-6-13-11(10-26)5-8-22-13/h1-4,7,11,13,22,27H,5-6,8-10H2,(H2,24,25,28). The predicted octanol–water partition coefficient (Wildman–Crippen LogP) is 3.11. The molecule has 2 unspecified atom stereocenters. The molecule has 2 atom stereocenters. The summed E-state index contributed by atoms with van der Waals surface area (Å²) in [6, 6.07) is 5.38. The van der Waals surface area contributed by atoms with Gasteiger partial charge in [0.1, 0.15) is 4.90 Å². The predicted molar refractivity (Wildman–Crippen MR) is 118 cm³/mol. The van der Waals surface area contributed by atoms with Gasteiger partial charge in [0.2, 0.25) is 10.0 Å². The first-order valence-corrected chi connectivity index (χ1v) is 11.9. The minimum Gasteiger partial charge on any atom is -0.504 e. The van der Waals surface area contributed by atoms with Gasteiger partial charge in [-0.25, -0.2) is 18.2 Å². The number of phenolic OH excluding ortho intramolecular Hbond substituents is 1. The summed E-state index contributed by atoms with van der Waals surface area (Å²) < 4.78 is 27.9. The fraction of sp³-hybridized carbons (Fsp3) is 0.368. The molecule has 0 aliphatic carbocycles. The first-order valence-electron chi connectivity index (χ1n) is 9.71. The van der Waals surface area contributed by atoms with Gasteiger partial charge in [0, 0.05) is 25.3 Å². The SMILES string of the molecule is O=C(Nc1cccnc1Cl)Nc1ccc(Cl)c(S(=O)(=O)N2CCC3NCCC3C2)c1O. The number of urea groups is 1. The van der Waals surface area contributed by atoms with Gasteiger partial charge < -0.3 is 21.1 Å². The highest BCUT2D eigenvalue weighted by Gasteiger charge is 2.39. The fourth-order valence-corrected chi connectivity index (χ4v) is 6.28. The molecule has 0 radical (unpaired) electrons. The maximum absolute atomic E-state index is 13.3. The number of piperidine rings is 1. The zero-order valence-electron chi connectivity index (χ0n) is 16.3. The number of fused-ring (bicyclic) bond motifs is 1. The number of phenols is 1. The van der Waals surface area contributed by atoms with E-state index in [0.717, 1.165) is 13.0 Å². The Morgan fingerprint density at radius 1 is 1.19 bits per heavy atom. The number of halogens is 2. The number of hydrogen-bond donors (Lipinski definition) is 4. The highest BCUT2D eigenvalue weighted by atomic mass is 35.5. The molecule has 9 nitrogen and oxygen atoms in total. The minimum atomic E-state index is -4.07. The molecule has 2 aliphatic rings. The molecule has 1 aromatic heterocycles. The number of nitrogens with zero attached hydrogens (tertiary/aromatic N) is 2. The molecule has 4 N–H and O–H groups in total. The Hall–Kier alpha value is -2.11. The van der Waals surface area contributed by atoms with Crippen molar-refractivity contribution in [2.24, 2.45) is 5.92 Å². The van der Waals surface area contributed by atoms with Crippen molar-refractivity contribution in [2.75, 3.05) is 30.3 Å². The van der Waals surface area contributed by atoms with Gasteiger partial charge in [0.05, 0.1) is 16.4 Å². The average Bonchev–Trinajstić information content (AvgIpc) is 3.20. The quantitative estimate of drug-likeness (QED) is 0.389. The Labute approximate surface area is 189 Å². The van der Waals surface area contributed by atoms with E-state index in [-0.39, 0.29) is 27.5 Å². The van der Waals surface area contributed by atoms with Crippen molar-refractivity contribution in [3.63, 3.8) is 0 Å². The van der Waals surface area contributed by atoms with Gasteiger partial charge in [-0.05, 0) is 49.6 Å². The van der Waals surface area contributed by atoms with Crippen LogP contribution in [0.3, 0.4) is 0 Å². The van der Waals surface area contributed by atoms with E-state index >= 15 is 0 Å². The lowest BCUT2D eigenvalue weighted by Gasteiger charge is -2.34. The molecule has 12 heteroatoms. The summed E-state index contributed by atoms with van der Waals surface area (Å²) in [6.07, 6.45) is 3.06. The van der Waals surface area contributed by atoms with Gasteiger partial charge in [-0.15, -0.1) is 0 Å². The number of anilines is 2. The lowest BCUT2D eigenvalue weighted by molar-refractivity contribution is 0.246. The number of aromatic hydroxyl groups is 1. The zero-order chi connectivity index (χ0) is 22.2. The number of nitrogens with one attached hydrogen (secondary N) is 3. The Balaban J connectivity index is 1.57. The van der Waals surface area contributed by atoms with Gasteiger partial charge in [-0.1, -0.05) is 23.2 Å². The summed E-state index contributed by atoms with van der Waals surface area (Å²) in [5.74, 6) is -0.396. The van der Waals surface area contributed by atoms with Crippen LogP contribution >= 0.6 is 23.2 Å². The number of aromatic nitrogens is 1. The number of pyridine rings is 1. The number of amides is 2. The molecular weight excluding hydrogens is 465 g/mol. The Bertz CT molecular complexity index is 1110. The summed E-state index contributed by atoms with van der Waals surface area (Å²) in [5.41, 5.74) is 0.161. The third-order valence-corrected chi connectivity index (χ3v) is 8.22. The van der Waals surface area contributed by atoms with Crippen LogP contribution in [0.4, 0.5) is 16.2 Å². The minimum absolute atomic E-state index is 0.0889. The van der Waals surface area contributed by atoms with Crippen LogP contribution in [0.1, 0.15) is 12.8 Å². The van der Waals surface area contributed by atoms with E-state index in [1.165, 1.54) is 22.6 Å². The van der Waals surface area contributed by atoms with Crippen LogP contribution in [0.2, 0.25) is 10.2 Å². The number of benzene rings is 1. The molecule has 2 aromatic rings. The second-order valence-corrected chi connectivity index (χ2v) is 10.1. The monoisotopic (exact) mass is 485 g/mol. The highest BCUT2D eigenvalue weighted by Crippen LogP contribution is 2.40. The summed E-state index contributed by atoms with van der Waals surface area (Å²) in [7, 11) is -4.07. The third kappa shape index (κ3) is 4.44. The van der Waals surface area contributed by atoms with Crippen LogP contribution in [0.5, 0.6) is 5.75 Å². The Kier molecular flexibility index (Phi) is 6.27. The summed E-state index contributed by atoms with van der Waals surface area (Å²) in [4.78, 5) is 15.8. The van der Waals surface area contributed by atoms with E-state index in [1.54, 1.807) is 12.1 Å². The topological polar surface area (TPSA) is 124 Å². The molecule has 4 rings (SSSR count). The maximum atomic E-state index is 13.3. The van der Waals surface area contributed by atoms with Gasteiger partial charge in [0.15, 0.2) is 10.9 Å². The molecule has 0 spiro atoms. The first kappa shape index (κ1) is 22.1. The second-order valence-electron chi connectivity index (χ2n) is 7.45. The second kappa shape index (κ2) is 8.79. The van der Waals surface area contributed by atoms with Crippen LogP contribution in [-0.2, 0) is 10.0 Å². The molecule has 2 aliphatic heterocycles. The molecule has 2 saturated heterocycles. The molecule has 166 valence electrons. The van der Waals surface area contributed by atoms with E-state index in [0.29, 0.717) is 25.6 Å². The van der Waals surface area contributed by atoms with Crippen molar-refractivity contribution in [1.29, 1.82) is 0 Å². The van der Waals surface area contributed by atoms with E-state index in [9.17, 15) is 18.3 Å². The number of rotatable bonds is 4. The van der Waals surface area contributed by atoms with Gasteiger partial charge >= 0.3 is 6.03 Å². The smallest absolute Gasteiger partial charge is 0.323 e. The van der Waals surface area contributed by atoms with E-state index < -0.39 is 26.7 Å². The molecule has 2 amide bonds. The Morgan fingerprint density at radius 2 is 1.97 bits per heavy atom. The van der Waals surface area contributed by atoms with E-state index in [1.807, 2.05) is 0 Å². The normalized spacial score (nSPS) is 21.5. The molecule has 31 heavy (non-hydrogen) atoms.